The molecule has 312 valence electrons. The third-order valence-electron chi connectivity index (χ3n) is 16.7. The minimum atomic E-state index is -2.15. The molecule has 9 aromatic rings. The van der Waals surface area contributed by atoms with Crippen molar-refractivity contribution in [3.05, 3.63) is 187 Å². The third kappa shape index (κ3) is 5.38. The quantitative estimate of drug-likeness (QED) is 0.162. The highest BCUT2D eigenvalue weighted by Gasteiger charge is 2.63. The van der Waals surface area contributed by atoms with Crippen LogP contribution in [0.1, 0.15) is 43.2 Å². The number of hydrogen-bond acceptors (Lipinski definition) is 3. The zero-order valence-corrected chi connectivity index (χ0v) is 37.9. The smallest absolute Gasteiger partial charge is 0.164 e. The van der Waals surface area contributed by atoms with Crippen molar-refractivity contribution < 1.29 is 0 Å². The topological polar surface area (TPSA) is 38.7 Å². The van der Waals surface area contributed by atoms with Gasteiger partial charge in [0.25, 0.3) is 0 Å². The van der Waals surface area contributed by atoms with Crippen molar-refractivity contribution in [1.82, 2.24) is 15.0 Å². The lowest BCUT2D eigenvalue weighted by molar-refractivity contribution is -0.0395. The van der Waals surface area contributed by atoms with Crippen molar-refractivity contribution in [1.29, 1.82) is 0 Å². The number of nitrogens with zero attached hydrogens (tertiary/aromatic N) is 3. The van der Waals surface area contributed by atoms with Crippen molar-refractivity contribution >= 4 is 29.2 Å². The Morgan fingerprint density at radius 2 is 0.938 bits per heavy atom. The van der Waals surface area contributed by atoms with E-state index in [9.17, 15) is 0 Å². The van der Waals surface area contributed by atoms with Crippen LogP contribution in [0.15, 0.2) is 176 Å². The average Bonchev–Trinajstić information content (AvgIpc) is 3.78. The molecule has 1 aromatic heterocycles. The first-order valence-corrected chi connectivity index (χ1v) is 26.9. The van der Waals surface area contributed by atoms with E-state index in [1.807, 2.05) is 6.07 Å². The first-order valence-electron chi connectivity index (χ1n) is 23.9. The van der Waals surface area contributed by atoms with Crippen LogP contribution in [0.4, 0.5) is 0 Å². The van der Waals surface area contributed by atoms with E-state index in [2.05, 4.69) is 183 Å². The zero-order chi connectivity index (χ0) is 43.0. The minimum absolute atomic E-state index is 0.159. The van der Waals surface area contributed by atoms with E-state index in [4.69, 9.17) is 15.0 Å². The zero-order valence-electron chi connectivity index (χ0n) is 36.9. The summed E-state index contributed by atoms with van der Waals surface area (Å²) in [6, 6.07) is 64.8. The van der Waals surface area contributed by atoms with Crippen LogP contribution in [-0.2, 0) is 5.41 Å². The van der Waals surface area contributed by atoms with Crippen LogP contribution in [0.2, 0.25) is 13.1 Å². The van der Waals surface area contributed by atoms with Gasteiger partial charge in [-0.05, 0) is 145 Å². The molecule has 1 aliphatic heterocycles. The predicted molar refractivity (Wildman–Crippen MR) is 270 cm³/mol. The van der Waals surface area contributed by atoms with Crippen LogP contribution in [-0.4, -0.2) is 23.0 Å². The van der Waals surface area contributed by atoms with Gasteiger partial charge in [0.1, 0.15) is 8.07 Å². The van der Waals surface area contributed by atoms with Gasteiger partial charge in [-0.25, -0.2) is 15.0 Å². The highest BCUT2D eigenvalue weighted by Crippen LogP contribution is 2.69. The Morgan fingerprint density at radius 1 is 0.400 bits per heavy atom. The fourth-order valence-corrected chi connectivity index (χ4v) is 17.8. The van der Waals surface area contributed by atoms with Crippen molar-refractivity contribution in [3.8, 4) is 78.7 Å². The Balaban J connectivity index is 0.883. The monoisotopic (exact) mass is 851 g/mol. The van der Waals surface area contributed by atoms with E-state index in [1.165, 1.54) is 76.4 Å². The van der Waals surface area contributed by atoms with Gasteiger partial charge in [0.05, 0.1) is 0 Å². The Bertz CT molecular complexity index is 3400. The number of aromatic nitrogens is 3. The van der Waals surface area contributed by atoms with Crippen LogP contribution < -0.4 is 10.4 Å². The first-order chi connectivity index (χ1) is 31.9. The molecule has 0 atom stereocenters. The van der Waals surface area contributed by atoms with Crippen LogP contribution >= 0.6 is 0 Å². The molecule has 4 saturated carbocycles. The fraction of sp³-hybridized carbons (Fsp3) is 0.197. The summed E-state index contributed by atoms with van der Waals surface area (Å²) >= 11 is 0. The summed E-state index contributed by atoms with van der Waals surface area (Å²) in [5.41, 5.74) is 17.4. The second-order valence-electron chi connectivity index (χ2n) is 20.3. The van der Waals surface area contributed by atoms with Gasteiger partial charge in [-0.15, -0.1) is 0 Å². The van der Waals surface area contributed by atoms with E-state index in [-0.39, 0.29) is 5.41 Å². The lowest BCUT2D eigenvalue weighted by atomic mass is 9.43. The molecule has 0 radical (unpaired) electrons. The molecule has 0 unspecified atom stereocenters. The average molecular weight is 852 g/mol. The standard InChI is InChI=1S/C61H49N3Si/c1-65(2)55-36-42(24-25-50(55)52-28-27-51-49-22-11-12-23-54(49)61(56(51)57(52)65)44-31-37-30-38(33-44)34-45(61)32-37)41-18-13-19-43(35-41)59-62-58(40-16-7-4-8-17-40)63-60(64-59)53-29-26-46(39-14-5-3-6-15-39)47-20-9-10-21-48(47)53/h3-29,35-38,44-45H,30-34H2,1-2H3. The van der Waals surface area contributed by atoms with Crippen LogP contribution in [0.25, 0.3) is 89.4 Å². The Morgan fingerprint density at radius 3 is 1.69 bits per heavy atom. The molecular weight excluding hydrogens is 803 g/mol. The van der Waals surface area contributed by atoms with E-state index in [0.29, 0.717) is 17.5 Å². The molecule has 4 heteroatoms. The predicted octanol–water partition coefficient (Wildman–Crippen LogP) is 13.9. The molecule has 4 fully saturated rings. The SMILES string of the molecule is C[Si]1(C)c2cc(-c3cccc(-c4nc(-c5ccccc5)nc(-c5ccc(-c6ccccc6)c6ccccc56)n4)c3)ccc2-c2ccc3c(c21)C1(c2ccccc2-3)C2CC3CC(C2)CC1C3. The van der Waals surface area contributed by atoms with E-state index >= 15 is 0 Å². The summed E-state index contributed by atoms with van der Waals surface area (Å²) in [5, 5.41) is 5.59. The summed E-state index contributed by atoms with van der Waals surface area (Å²) in [6.45, 7) is 5.30. The van der Waals surface area contributed by atoms with Crippen molar-refractivity contribution in [3.63, 3.8) is 0 Å². The molecule has 0 saturated heterocycles. The number of benzene rings is 8. The molecule has 2 heterocycles. The van der Waals surface area contributed by atoms with Crippen LogP contribution in [0.3, 0.4) is 0 Å². The summed E-state index contributed by atoms with van der Waals surface area (Å²) in [6.07, 6.45) is 7.11. The largest absolute Gasteiger partial charge is 0.208 e. The summed E-state index contributed by atoms with van der Waals surface area (Å²) < 4.78 is 0. The van der Waals surface area contributed by atoms with Crippen molar-refractivity contribution in [2.75, 3.05) is 0 Å². The lowest BCUT2D eigenvalue weighted by Gasteiger charge is -2.61. The van der Waals surface area contributed by atoms with Gasteiger partial charge in [0.2, 0.25) is 0 Å². The Hall–Kier alpha value is -6.75. The molecule has 65 heavy (non-hydrogen) atoms. The number of hydrogen-bond donors (Lipinski definition) is 0. The van der Waals surface area contributed by atoms with Crippen LogP contribution in [0.5, 0.6) is 0 Å². The Kier molecular flexibility index (Phi) is 8.03. The highest BCUT2D eigenvalue weighted by molar-refractivity contribution is 7.04. The van der Waals surface area contributed by atoms with E-state index in [1.54, 1.807) is 27.1 Å². The van der Waals surface area contributed by atoms with Gasteiger partial charge in [0, 0.05) is 22.1 Å². The van der Waals surface area contributed by atoms with Crippen molar-refractivity contribution in [2.24, 2.45) is 23.7 Å². The summed E-state index contributed by atoms with van der Waals surface area (Å²) in [7, 11) is -2.15. The molecule has 6 aliphatic rings. The van der Waals surface area contributed by atoms with Gasteiger partial charge in [0.15, 0.2) is 17.5 Å². The Labute approximate surface area is 382 Å². The molecule has 1 spiro atoms. The molecule has 3 nitrogen and oxygen atoms in total. The molecule has 15 rings (SSSR count). The normalized spacial score (nSPS) is 22.5. The second kappa shape index (κ2) is 13.9. The van der Waals surface area contributed by atoms with Gasteiger partial charge < -0.3 is 0 Å². The van der Waals surface area contributed by atoms with E-state index < -0.39 is 8.07 Å². The van der Waals surface area contributed by atoms with Gasteiger partial charge in [-0.3, -0.25) is 0 Å². The molecule has 4 bridgehead atoms. The highest BCUT2D eigenvalue weighted by atomic mass is 28.3. The second-order valence-corrected chi connectivity index (χ2v) is 24.6. The lowest BCUT2D eigenvalue weighted by Crippen LogP contribution is -2.59. The van der Waals surface area contributed by atoms with Gasteiger partial charge in [-0.1, -0.05) is 177 Å². The maximum Gasteiger partial charge on any atom is 0.164 e. The number of rotatable bonds is 5. The number of fused-ring (bicyclic) bond motifs is 8. The van der Waals surface area contributed by atoms with Crippen LogP contribution in [0, 0.1) is 23.7 Å². The molecule has 8 aromatic carbocycles. The van der Waals surface area contributed by atoms with Crippen molar-refractivity contribution in [2.45, 2.75) is 50.6 Å². The maximum atomic E-state index is 5.30. The summed E-state index contributed by atoms with van der Waals surface area (Å²) in [5.74, 6) is 5.38. The maximum absolute atomic E-state index is 5.30. The minimum Gasteiger partial charge on any atom is -0.208 e. The molecule has 0 amide bonds. The molecule has 5 aliphatic carbocycles. The van der Waals surface area contributed by atoms with E-state index in [0.717, 1.165) is 45.7 Å². The molecular formula is C61H49N3Si. The van der Waals surface area contributed by atoms with Gasteiger partial charge >= 0.3 is 0 Å². The molecule has 0 N–H and O–H groups in total. The summed E-state index contributed by atoms with van der Waals surface area (Å²) in [4.78, 5) is 15.7. The first kappa shape index (κ1) is 37.6. The fourth-order valence-electron chi connectivity index (χ4n) is 14.3. The van der Waals surface area contributed by atoms with Gasteiger partial charge in [-0.2, -0.15) is 0 Å². The third-order valence-corrected chi connectivity index (χ3v) is 20.2.